The number of ether oxygens (including phenoxy) is 2. The summed E-state index contributed by atoms with van der Waals surface area (Å²) in [6.45, 7) is 3.64. The number of fused-ring (bicyclic) bond motifs is 1. The molecule has 0 spiro atoms. The van der Waals surface area contributed by atoms with Crippen LogP contribution in [-0.4, -0.2) is 29.7 Å². The quantitative estimate of drug-likeness (QED) is 0.487. The number of aromatic nitrogens is 1. The third kappa shape index (κ3) is 5.91. The zero-order valence-electron chi connectivity index (χ0n) is 18.1. The molecule has 0 saturated heterocycles. The molecule has 9 heteroatoms. The third-order valence-electron chi connectivity index (χ3n) is 4.78. The van der Waals surface area contributed by atoms with Gasteiger partial charge in [0.25, 0.3) is 0 Å². The van der Waals surface area contributed by atoms with E-state index in [4.69, 9.17) is 25.5 Å². The second-order valence-electron chi connectivity index (χ2n) is 7.52. The highest BCUT2D eigenvalue weighted by molar-refractivity contribution is 6.31. The SMILES string of the molecule is COc1ccc(C(CC(=O)OC(C)C)NC(=O)CCn2c(=O)oc3cc(Cl)ccc32)cc1. The Hall–Kier alpha value is -3.26. The van der Waals surface area contributed by atoms with Gasteiger partial charge in [-0.15, -0.1) is 0 Å². The van der Waals surface area contributed by atoms with Crippen molar-refractivity contribution in [3.63, 3.8) is 0 Å². The molecule has 32 heavy (non-hydrogen) atoms. The molecule has 0 radical (unpaired) electrons. The van der Waals surface area contributed by atoms with Gasteiger partial charge in [-0.25, -0.2) is 4.79 Å². The smallest absolute Gasteiger partial charge is 0.419 e. The molecule has 0 aliphatic carbocycles. The molecule has 170 valence electrons. The fourth-order valence-electron chi connectivity index (χ4n) is 3.30. The molecule has 3 aromatic rings. The van der Waals surface area contributed by atoms with Crippen molar-refractivity contribution >= 4 is 34.6 Å². The van der Waals surface area contributed by atoms with Gasteiger partial charge >= 0.3 is 11.7 Å². The van der Waals surface area contributed by atoms with E-state index in [0.717, 1.165) is 5.56 Å². The van der Waals surface area contributed by atoms with Crippen molar-refractivity contribution in [1.82, 2.24) is 9.88 Å². The van der Waals surface area contributed by atoms with E-state index >= 15 is 0 Å². The van der Waals surface area contributed by atoms with Crippen LogP contribution < -0.4 is 15.8 Å². The fourth-order valence-corrected chi connectivity index (χ4v) is 3.46. The van der Waals surface area contributed by atoms with Gasteiger partial charge in [-0.1, -0.05) is 23.7 Å². The van der Waals surface area contributed by atoms with Crippen LogP contribution in [-0.2, 0) is 20.9 Å². The standard InChI is InChI=1S/C23H25ClN2O6/c1-14(2)31-22(28)13-18(15-4-7-17(30-3)8-5-15)25-21(27)10-11-26-19-9-6-16(24)12-20(19)32-23(26)29/h4-9,12,14,18H,10-11,13H2,1-3H3,(H,25,27). The first-order valence-electron chi connectivity index (χ1n) is 10.2. The van der Waals surface area contributed by atoms with Crippen molar-refractivity contribution < 1.29 is 23.5 Å². The maximum Gasteiger partial charge on any atom is 0.419 e. The van der Waals surface area contributed by atoms with Crippen molar-refractivity contribution in [1.29, 1.82) is 0 Å². The molecule has 0 aliphatic rings. The van der Waals surface area contributed by atoms with Gasteiger partial charge in [0, 0.05) is 24.1 Å². The molecular formula is C23H25ClN2O6. The number of amides is 1. The first-order valence-corrected chi connectivity index (χ1v) is 10.6. The van der Waals surface area contributed by atoms with Crippen LogP contribution in [0.15, 0.2) is 51.7 Å². The third-order valence-corrected chi connectivity index (χ3v) is 5.02. The van der Waals surface area contributed by atoms with Gasteiger partial charge in [0.05, 0.1) is 31.2 Å². The molecule has 1 atom stereocenters. The molecule has 1 unspecified atom stereocenters. The van der Waals surface area contributed by atoms with Crippen LogP contribution in [0.4, 0.5) is 0 Å². The summed E-state index contributed by atoms with van der Waals surface area (Å²) in [6.07, 6.45) is -0.267. The molecular weight excluding hydrogens is 436 g/mol. The summed E-state index contributed by atoms with van der Waals surface area (Å²) in [4.78, 5) is 37.1. The topological polar surface area (TPSA) is 99.8 Å². The summed E-state index contributed by atoms with van der Waals surface area (Å²) in [5, 5.41) is 3.32. The number of hydrogen-bond acceptors (Lipinski definition) is 6. The van der Waals surface area contributed by atoms with E-state index in [1.54, 1.807) is 63.4 Å². The molecule has 0 fully saturated rings. The summed E-state index contributed by atoms with van der Waals surface area (Å²) < 4.78 is 17.0. The number of hydrogen-bond donors (Lipinski definition) is 1. The highest BCUT2D eigenvalue weighted by Crippen LogP contribution is 2.22. The summed E-state index contributed by atoms with van der Waals surface area (Å²) >= 11 is 5.93. The van der Waals surface area contributed by atoms with Crippen LogP contribution >= 0.6 is 11.6 Å². The van der Waals surface area contributed by atoms with Crippen molar-refractivity contribution in [3.8, 4) is 5.75 Å². The first kappa shape index (κ1) is 23.4. The lowest BCUT2D eigenvalue weighted by molar-refractivity contribution is -0.148. The van der Waals surface area contributed by atoms with E-state index in [-0.39, 0.29) is 31.4 Å². The number of benzene rings is 2. The molecule has 1 aromatic heterocycles. The number of rotatable bonds is 9. The minimum Gasteiger partial charge on any atom is -0.497 e. The fraction of sp³-hybridized carbons (Fsp3) is 0.348. The Morgan fingerprint density at radius 2 is 1.88 bits per heavy atom. The molecule has 0 aliphatic heterocycles. The van der Waals surface area contributed by atoms with Crippen LogP contribution in [0.25, 0.3) is 11.1 Å². The molecule has 3 rings (SSSR count). The van der Waals surface area contributed by atoms with Gasteiger partial charge in [-0.2, -0.15) is 0 Å². The second kappa shape index (κ2) is 10.4. The predicted octanol–water partition coefficient (Wildman–Crippen LogP) is 3.85. The maximum absolute atomic E-state index is 12.7. The van der Waals surface area contributed by atoms with Gasteiger partial charge < -0.3 is 19.2 Å². The molecule has 0 saturated carbocycles. The Balaban J connectivity index is 1.72. The number of oxazole rings is 1. The molecule has 1 N–H and O–H groups in total. The van der Waals surface area contributed by atoms with Crippen molar-refractivity contribution in [3.05, 3.63) is 63.6 Å². The Bertz CT molecular complexity index is 1150. The van der Waals surface area contributed by atoms with Gasteiger partial charge in [-0.3, -0.25) is 14.2 Å². The zero-order chi connectivity index (χ0) is 23.3. The summed E-state index contributed by atoms with van der Waals surface area (Å²) in [6, 6.07) is 11.4. The van der Waals surface area contributed by atoms with Crippen molar-refractivity contribution in [2.45, 2.75) is 45.4 Å². The van der Waals surface area contributed by atoms with Gasteiger partial charge in [0.2, 0.25) is 5.91 Å². The maximum atomic E-state index is 12.7. The molecule has 8 nitrogen and oxygen atoms in total. The van der Waals surface area contributed by atoms with E-state index in [2.05, 4.69) is 5.32 Å². The predicted molar refractivity (Wildman–Crippen MR) is 120 cm³/mol. The van der Waals surface area contributed by atoms with E-state index < -0.39 is 17.8 Å². The van der Waals surface area contributed by atoms with Gasteiger partial charge in [0.15, 0.2) is 5.58 Å². The number of nitrogens with one attached hydrogen (secondary N) is 1. The van der Waals surface area contributed by atoms with E-state index in [1.807, 2.05) is 0 Å². The van der Waals surface area contributed by atoms with Crippen LogP contribution in [0.5, 0.6) is 5.75 Å². The Morgan fingerprint density at radius 3 is 2.53 bits per heavy atom. The summed E-state index contributed by atoms with van der Waals surface area (Å²) in [7, 11) is 1.56. The largest absolute Gasteiger partial charge is 0.497 e. The van der Waals surface area contributed by atoms with E-state index in [1.165, 1.54) is 4.57 Å². The van der Waals surface area contributed by atoms with E-state index in [9.17, 15) is 14.4 Å². The number of halogens is 1. The van der Waals surface area contributed by atoms with Crippen molar-refractivity contribution in [2.75, 3.05) is 7.11 Å². The highest BCUT2D eigenvalue weighted by atomic mass is 35.5. The molecule has 1 amide bonds. The number of carbonyl (C=O) groups is 2. The lowest BCUT2D eigenvalue weighted by Crippen LogP contribution is -2.32. The monoisotopic (exact) mass is 460 g/mol. The minimum absolute atomic E-state index is 0.0169. The number of methoxy groups -OCH3 is 1. The number of esters is 1. The van der Waals surface area contributed by atoms with Crippen LogP contribution in [0.3, 0.4) is 0 Å². The average Bonchev–Trinajstić information content (AvgIpc) is 3.05. The van der Waals surface area contributed by atoms with E-state index in [0.29, 0.717) is 21.9 Å². The minimum atomic E-state index is -0.587. The van der Waals surface area contributed by atoms with Crippen LogP contribution in [0.1, 0.15) is 38.3 Å². The molecule has 0 bridgehead atoms. The summed E-state index contributed by atoms with van der Waals surface area (Å²) in [5.74, 6) is -0.648. The number of nitrogens with zero attached hydrogens (tertiary/aromatic N) is 1. The lowest BCUT2D eigenvalue weighted by atomic mass is 10.0. The molecule has 1 heterocycles. The van der Waals surface area contributed by atoms with Crippen LogP contribution in [0.2, 0.25) is 5.02 Å². The Morgan fingerprint density at radius 1 is 1.16 bits per heavy atom. The lowest BCUT2D eigenvalue weighted by Gasteiger charge is -2.20. The Labute approximate surface area is 190 Å². The highest BCUT2D eigenvalue weighted by Gasteiger charge is 2.21. The number of aryl methyl sites for hydroxylation is 1. The van der Waals surface area contributed by atoms with Crippen LogP contribution in [0, 0.1) is 0 Å². The second-order valence-corrected chi connectivity index (χ2v) is 7.95. The normalized spacial score (nSPS) is 12.0. The first-order chi connectivity index (χ1) is 15.3. The summed E-state index contributed by atoms with van der Waals surface area (Å²) in [5.41, 5.74) is 1.65. The van der Waals surface area contributed by atoms with Gasteiger partial charge in [0.1, 0.15) is 5.75 Å². The average molecular weight is 461 g/mol. The molecule has 2 aromatic carbocycles. The van der Waals surface area contributed by atoms with Gasteiger partial charge in [-0.05, 0) is 43.7 Å². The Kier molecular flexibility index (Phi) is 7.58. The zero-order valence-corrected chi connectivity index (χ0v) is 18.8. The van der Waals surface area contributed by atoms with Crippen molar-refractivity contribution in [2.24, 2.45) is 0 Å². The number of carbonyl (C=O) groups excluding carboxylic acids is 2.